The second kappa shape index (κ2) is 5.33. The molecule has 0 aliphatic heterocycles. The molecule has 2 heterocycles. The number of amides is 1. The van der Waals surface area contributed by atoms with Crippen LogP contribution in [-0.2, 0) is 0 Å². The monoisotopic (exact) mass is 281 g/mol. The highest BCUT2D eigenvalue weighted by molar-refractivity contribution is 6.31. The third-order valence-electron chi connectivity index (χ3n) is 2.12. The lowest BCUT2D eigenvalue weighted by molar-refractivity contribution is 0.102. The second-order valence-corrected chi connectivity index (χ2v) is 4.50. The van der Waals surface area contributed by atoms with Crippen molar-refractivity contribution in [2.24, 2.45) is 0 Å². The number of rotatable bonds is 2. The number of aromatic nitrogens is 2. The van der Waals surface area contributed by atoms with Crippen molar-refractivity contribution in [3.63, 3.8) is 0 Å². The van der Waals surface area contributed by atoms with Gasteiger partial charge in [-0.15, -0.1) is 0 Å². The van der Waals surface area contributed by atoms with Crippen LogP contribution in [0.25, 0.3) is 0 Å². The van der Waals surface area contributed by atoms with Gasteiger partial charge in [-0.25, -0.2) is 9.97 Å². The molecular formula is C12H9Cl2N3O. The zero-order valence-corrected chi connectivity index (χ0v) is 11.0. The van der Waals surface area contributed by atoms with Gasteiger partial charge in [0.2, 0.25) is 0 Å². The van der Waals surface area contributed by atoms with E-state index in [9.17, 15) is 4.79 Å². The van der Waals surface area contributed by atoms with Crippen LogP contribution in [0.1, 0.15) is 16.2 Å². The van der Waals surface area contributed by atoms with Crippen molar-refractivity contribution in [3.8, 4) is 0 Å². The van der Waals surface area contributed by atoms with Crippen LogP contribution in [0.5, 0.6) is 0 Å². The fraction of sp³-hybridized carbons (Fsp3) is 0.0833. The lowest BCUT2D eigenvalue weighted by Gasteiger charge is -2.05. The van der Waals surface area contributed by atoms with Gasteiger partial charge in [0, 0.05) is 16.9 Å². The van der Waals surface area contributed by atoms with Crippen molar-refractivity contribution in [2.45, 2.75) is 6.92 Å². The molecule has 2 rings (SSSR count). The van der Waals surface area contributed by atoms with Crippen LogP contribution >= 0.6 is 23.2 Å². The number of pyridine rings is 2. The standard InChI is InChI=1S/C12H9Cl2N3O/c1-7-4-9(14)5-10(16-7)12(18)17-11-3-2-8(13)6-15-11/h2-6H,1H3,(H,15,17,18). The van der Waals surface area contributed by atoms with Crippen LogP contribution in [0.4, 0.5) is 5.82 Å². The van der Waals surface area contributed by atoms with E-state index in [1.54, 1.807) is 25.1 Å². The van der Waals surface area contributed by atoms with E-state index in [2.05, 4.69) is 15.3 Å². The Balaban J connectivity index is 2.19. The summed E-state index contributed by atoms with van der Waals surface area (Å²) in [6.07, 6.45) is 1.45. The van der Waals surface area contributed by atoms with Gasteiger partial charge in [0.25, 0.3) is 5.91 Å². The molecule has 0 aliphatic rings. The average Bonchev–Trinajstić information content (AvgIpc) is 2.31. The summed E-state index contributed by atoms with van der Waals surface area (Å²) in [5.41, 5.74) is 0.925. The predicted octanol–water partition coefficient (Wildman–Crippen LogP) is 3.34. The number of aryl methyl sites for hydroxylation is 1. The number of nitrogens with one attached hydrogen (secondary N) is 1. The summed E-state index contributed by atoms with van der Waals surface area (Å²) in [6.45, 7) is 1.77. The molecule has 92 valence electrons. The maximum absolute atomic E-state index is 11.9. The topological polar surface area (TPSA) is 54.9 Å². The van der Waals surface area contributed by atoms with Gasteiger partial charge < -0.3 is 5.32 Å². The molecule has 1 N–H and O–H groups in total. The van der Waals surface area contributed by atoms with Crippen LogP contribution in [0.3, 0.4) is 0 Å². The van der Waals surface area contributed by atoms with E-state index in [4.69, 9.17) is 23.2 Å². The molecule has 0 bridgehead atoms. The summed E-state index contributed by atoms with van der Waals surface area (Å²) < 4.78 is 0. The van der Waals surface area contributed by atoms with Crippen LogP contribution < -0.4 is 5.32 Å². The molecule has 2 aromatic heterocycles. The molecule has 0 radical (unpaired) electrons. The molecular weight excluding hydrogens is 273 g/mol. The number of hydrogen-bond acceptors (Lipinski definition) is 3. The Labute approximate surface area is 114 Å². The molecule has 0 spiro atoms. The van der Waals surface area contributed by atoms with Crippen molar-refractivity contribution in [1.29, 1.82) is 0 Å². The van der Waals surface area contributed by atoms with E-state index < -0.39 is 0 Å². The number of hydrogen-bond donors (Lipinski definition) is 1. The van der Waals surface area contributed by atoms with Gasteiger partial charge >= 0.3 is 0 Å². The van der Waals surface area contributed by atoms with Gasteiger partial charge in [0.05, 0.1) is 5.02 Å². The van der Waals surface area contributed by atoms with Crippen molar-refractivity contribution in [1.82, 2.24) is 9.97 Å². The van der Waals surface area contributed by atoms with E-state index in [1.807, 2.05) is 0 Å². The maximum atomic E-state index is 11.9. The molecule has 0 fully saturated rings. The van der Waals surface area contributed by atoms with Gasteiger partial charge in [-0.05, 0) is 31.2 Å². The summed E-state index contributed by atoms with van der Waals surface area (Å²) in [6, 6.07) is 6.43. The first-order valence-electron chi connectivity index (χ1n) is 5.12. The first kappa shape index (κ1) is 12.8. The highest BCUT2D eigenvalue weighted by Crippen LogP contribution is 2.14. The zero-order chi connectivity index (χ0) is 13.1. The number of anilines is 1. The van der Waals surface area contributed by atoms with Gasteiger partial charge in [0.15, 0.2) is 0 Å². The molecule has 0 unspecified atom stereocenters. The lowest BCUT2D eigenvalue weighted by Crippen LogP contribution is -2.14. The Bertz CT molecular complexity index is 564. The van der Waals surface area contributed by atoms with Gasteiger partial charge in [0.1, 0.15) is 11.5 Å². The summed E-state index contributed by atoms with van der Waals surface area (Å²) >= 11 is 11.6. The predicted molar refractivity (Wildman–Crippen MR) is 71.2 cm³/mol. The first-order valence-corrected chi connectivity index (χ1v) is 5.87. The fourth-order valence-corrected chi connectivity index (χ4v) is 1.75. The Morgan fingerprint density at radius 2 is 2.00 bits per heavy atom. The Morgan fingerprint density at radius 1 is 1.22 bits per heavy atom. The number of halogens is 2. The molecule has 4 nitrogen and oxygen atoms in total. The number of carbonyl (C=O) groups excluding carboxylic acids is 1. The zero-order valence-electron chi connectivity index (χ0n) is 9.45. The maximum Gasteiger partial charge on any atom is 0.275 e. The summed E-state index contributed by atoms with van der Waals surface area (Å²) in [7, 11) is 0. The average molecular weight is 282 g/mol. The van der Waals surface area contributed by atoms with E-state index in [0.717, 1.165) is 0 Å². The van der Waals surface area contributed by atoms with Gasteiger partial charge in [-0.3, -0.25) is 4.79 Å². The quantitative estimate of drug-likeness (QED) is 0.919. The molecule has 2 aromatic rings. The summed E-state index contributed by atoms with van der Waals surface area (Å²) in [5, 5.41) is 3.58. The summed E-state index contributed by atoms with van der Waals surface area (Å²) in [5.74, 6) is 0.0410. The van der Waals surface area contributed by atoms with Crippen molar-refractivity contribution >= 4 is 34.9 Å². The third kappa shape index (κ3) is 3.18. The molecule has 0 saturated heterocycles. The minimum atomic E-state index is -0.365. The van der Waals surface area contributed by atoms with Gasteiger partial charge in [-0.2, -0.15) is 0 Å². The van der Waals surface area contributed by atoms with Gasteiger partial charge in [-0.1, -0.05) is 23.2 Å². The van der Waals surface area contributed by atoms with E-state index >= 15 is 0 Å². The molecule has 1 amide bonds. The van der Waals surface area contributed by atoms with Crippen molar-refractivity contribution < 1.29 is 4.79 Å². The Hall–Kier alpha value is -1.65. The third-order valence-corrected chi connectivity index (χ3v) is 2.56. The van der Waals surface area contributed by atoms with Crippen molar-refractivity contribution in [2.75, 3.05) is 5.32 Å². The molecule has 6 heteroatoms. The van der Waals surface area contributed by atoms with E-state index in [0.29, 0.717) is 21.6 Å². The first-order chi connectivity index (χ1) is 8.54. The van der Waals surface area contributed by atoms with Crippen LogP contribution in [-0.4, -0.2) is 15.9 Å². The molecule has 0 aliphatic carbocycles. The SMILES string of the molecule is Cc1cc(Cl)cc(C(=O)Nc2ccc(Cl)cn2)n1. The number of nitrogens with zero attached hydrogens (tertiary/aromatic N) is 2. The molecule has 0 aromatic carbocycles. The number of carbonyl (C=O) groups is 1. The highest BCUT2D eigenvalue weighted by atomic mass is 35.5. The molecule has 0 atom stereocenters. The Morgan fingerprint density at radius 3 is 2.61 bits per heavy atom. The lowest BCUT2D eigenvalue weighted by atomic mass is 10.3. The Kier molecular flexibility index (Phi) is 3.79. The minimum Gasteiger partial charge on any atom is -0.305 e. The molecule has 0 saturated carbocycles. The largest absolute Gasteiger partial charge is 0.305 e. The van der Waals surface area contributed by atoms with E-state index in [-0.39, 0.29) is 11.6 Å². The normalized spacial score (nSPS) is 10.2. The van der Waals surface area contributed by atoms with Crippen LogP contribution in [0, 0.1) is 6.92 Å². The highest BCUT2D eigenvalue weighted by Gasteiger charge is 2.09. The summed E-state index contributed by atoms with van der Waals surface area (Å²) in [4.78, 5) is 20.0. The fourth-order valence-electron chi connectivity index (χ4n) is 1.37. The van der Waals surface area contributed by atoms with Crippen molar-refractivity contribution in [3.05, 3.63) is 51.9 Å². The van der Waals surface area contributed by atoms with Crippen LogP contribution in [0.2, 0.25) is 10.0 Å². The molecule has 18 heavy (non-hydrogen) atoms. The van der Waals surface area contributed by atoms with E-state index in [1.165, 1.54) is 12.3 Å². The minimum absolute atomic E-state index is 0.247. The smallest absolute Gasteiger partial charge is 0.275 e. The second-order valence-electron chi connectivity index (χ2n) is 3.63. The van der Waals surface area contributed by atoms with Crippen LogP contribution in [0.15, 0.2) is 30.5 Å².